The highest BCUT2D eigenvalue weighted by Gasteiger charge is 2.17. The lowest BCUT2D eigenvalue weighted by molar-refractivity contribution is 0.344. The molecule has 90 valence electrons. The van der Waals surface area contributed by atoms with E-state index < -0.39 is 0 Å². The van der Waals surface area contributed by atoms with Gasteiger partial charge in [-0.2, -0.15) is 0 Å². The molecule has 0 aromatic heterocycles. The minimum Gasteiger partial charge on any atom is -0.327 e. The van der Waals surface area contributed by atoms with Gasteiger partial charge in [-0.05, 0) is 42.0 Å². The summed E-state index contributed by atoms with van der Waals surface area (Å²) in [5.74, 6) is 1.04. The van der Waals surface area contributed by atoms with Crippen molar-refractivity contribution in [3.8, 4) is 0 Å². The van der Waals surface area contributed by atoms with Crippen molar-refractivity contribution in [2.24, 2.45) is 17.6 Å². The van der Waals surface area contributed by atoms with Crippen LogP contribution in [0.15, 0.2) is 18.2 Å². The molecule has 1 rings (SSSR count). The summed E-state index contributed by atoms with van der Waals surface area (Å²) >= 11 is 12.1. The average molecular weight is 260 g/mol. The Labute approximate surface area is 108 Å². The quantitative estimate of drug-likeness (QED) is 0.864. The van der Waals surface area contributed by atoms with Crippen molar-refractivity contribution >= 4 is 23.2 Å². The number of hydrogen-bond donors (Lipinski definition) is 1. The van der Waals surface area contributed by atoms with E-state index in [9.17, 15) is 0 Å². The number of halogens is 2. The zero-order valence-corrected chi connectivity index (χ0v) is 11.5. The smallest absolute Gasteiger partial charge is 0.0439 e. The zero-order chi connectivity index (χ0) is 12.3. The normalized spacial score (nSPS) is 15.2. The number of benzene rings is 1. The van der Waals surface area contributed by atoms with Crippen LogP contribution in [0.1, 0.15) is 26.3 Å². The first-order chi connectivity index (χ1) is 7.41. The third-order valence-electron chi connectivity index (χ3n) is 3.19. The second-order valence-corrected chi connectivity index (χ2v) is 5.55. The third kappa shape index (κ3) is 3.65. The SMILES string of the molecule is CC(C)C(C)C(N)Cc1cc(Cl)ccc1Cl. The van der Waals surface area contributed by atoms with Gasteiger partial charge in [0.15, 0.2) is 0 Å². The topological polar surface area (TPSA) is 26.0 Å². The summed E-state index contributed by atoms with van der Waals surface area (Å²) in [7, 11) is 0. The largest absolute Gasteiger partial charge is 0.327 e. The van der Waals surface area contributed by atoms with Crippen LogP contribution in [0, 0.1) is 11.8 Å². The van der Waals surface area contributed by atoms with E-state index >= 15 is 0 Å². The highest BCUT2D eigenvalue weighted by atomic mass is 35.5. The van der Waals surface area contributed by atoms with E-state index in [4.69, 9.17) is 28.9 Å². The van der Waals surface area contributed by atoms with Crippen molar-refractivity contribution in [2.45, 2.75) is 33.2 Å². The van der Waals surface area contributed by atoms with Crippen molar-refractivity contribution in [3.05, 3.63) is 33.8 Å². The van der Waals surface area contributed by atoms with Crippen LogP contribution >= 0.6 is 23.2 Å². The van der Waals surface area contributed by atoms with Crippen molar-refractivity contribution < 1.29 is 0 Å². The zero-order valence-electron chi connectivity index (χ0n) is 10.0. The average Bonchev–Trinajstić information content (AvgIpc) is 2.22. The van der Waals surface area contributed by atoms with Gasteiger partial charge in [0.05, 0.1) is 0 Å². The Bertz CT molecular complexity index is 350. The maximum absolute atomic E-state index is 6.17. The molecule has 0 spiro atoms. The molecular formula is C13H19Cl2N. The molecule has 0 aliphatic heterocycles. The first kappa shape index (κ1) is 13.8. The summed E-state index contributed by atoms with van der Waals surface area (Å²) in [6.45, 7) is 6.54. The van der Waals surface area contributed by atoms with E-state index in [2.05, 4.69) is 20.8 Å². The van der Waals surface area contributed by atoms with Gasteiger partial charge in [0.1, 0.15) is 0 Å². The Morgan fingerprint density at radius 1 is 1.19 bits per heavy atom. The van der Waals surface area contributed by atoms with Crippen LogP contribution in [0.2, 0.25) is 10.0 Å². The second-order valence-electron chi connectivity index (χ2n) is 4.71. The molecule has 0 saturated carbocycles. The molecule has 1 aromatic rings. The molecule has 0 saturated heterocycles. The Kier molecular flexibility index (Phi) is 5.10. The lowest BCUT2D eigenvalue weighted by Gasteiger charge is -2.23. The predicted octanol–water partition coefficient (Wildman–Crippen LogP) is 4.16. The van der Waals surface area contributed by atoms with Crippen LogP contribution in [-0.4, -0.2) is 6.04 Å². The predicted molar refractivity (Wildman–Crippen MR) is 72.1 cm³/mol. The van der Waals surface area contributed by atoms with Gasteiger partial charge in [-0.1, -0.05) is 44.0 Å². The molecule has 0 fully saturated rings. The fourth-order valence-corrected chi connectivity index (χ4v) is 2.02. The molecule has 0 aliphatic rings. The molecule has 2 unspecified atom stereocenters. The van der Waals surface area contributed by atoms with Crippen molar-refractivity contribution in [2.75, 3.05) is 0 Å². The number of hydrogen-bond acceptors (Lipinski definition) is 1. The van der Waals surface area contributed by atoms with Crippen LogP contribution in [0.3, 0.4) is 0 Å². The van der Waals surface area contributed by atoms with E-state index in [0.29, 0.717) is 16.9 Å². The molecule has 0 heterocycles. The van der Waals surface area contributed by atoms with Gasteiger partial charge in [-0.15, -0.1) is 0 Å². The van der Waals surface area contributed by atoms with Crippen LogP contribution in [0.4, 0.5) is 0 Å². The van der Waals surface area contributed by atoms with Crippen molar-refractivity contribution in [1.29, 1.82) is 0 Å². The Morgan fingerprint density at radius 3 is 2.38 bits per heavy atom. The fourth-order valence-electron chi connectivity index (χ4n) is 1.63. The molecule has 16 heavy (non-hydrogen) atoms. The minimum absolute atomic E-state index is 0.121. The van der Waals surface area contributed by atoms with Crippen LogP contribution in [0.5, 0.6) is 0 Å². The van der Waals surface area contributed by atoms with Crippen molar-refractivity contribution in [3.63, 3.8) is 0 Å². The second kappa shape index (κ2) is 5.90. The van der Waals surface area contributed by atoms with E-state index in [0.717, 1.165) is 17.0 Å². The Balaban J connectivity index is 2.76. The number of rotatable bonds is 4. The summed E-state index contributed by atoms with van der Waals surface area (Å²) in [6, 6.07) is 5.64. The van der Waals surface area contributed by atoms with Crippen molar-refractivity contribution in [1.82, 2.24) is 0 Å². The number of nitrogens with two attached hydrogens (primary N) is 1. The molecule has 0 aliphatic carbocycles. The van der Waals surface area contributed by atoms with Gasteiger partial charge >= 0.3 is 0 Å². The first-order valence-corrected chi connectivity index (χ1v) is 6.37. The van der Waals surface area contributed by atoms with E-state index in [1.807, 2.05) is 12.1 Å². The van der Waals surface area contributed by atoms with E-state index in [-0.39, 0.29) is 6.04 Å². The first-order valence-electron chi connectivity index (χ1n) is 5.61. The molecule has 2 N–H and O–H groups in total. The van der Waals surface area contributed by atoms with Gasteiger partial charge < -0.3 is 5.73 Å². The lowest BCUT2D eigenvalue weighted by Crippen LogP contribution is -2.33. The molecule has 1 nitrogen and oxygen atoms in total. The van der Waals surface area contributed by atoms with E-state index in [1.165, 1.54) is 0 Å². The monoisotopic (exact) mass is 259 g/mol. The van der Waals surface area contributed by atoms with E-state index in [1.54, 1.807) is 6.07 Å². The van der Waals surface area contributed by atoms with Gasteiger partial charge in [-0.3, -0.25) is 0 Å². The summed E-state index contributed by atoms with van der Waals surface area (Å²) in [4.78, 5) is 0. The summed E-state index contributed by atoms with van der Waals surface area (Å²) < 4.78 is 0. The Morgan fingerprint density at radius 2 is 1.81 bits per heavy atom. The molecule has 1 aromatic carbocycles. The molecule has 0 radical (unpaired) electrons. The van der Waals surface area contributed by atoms with Gasteiger partial charge in [0.2, 0.25) is 0 Å². The van der Waals surface area contributed by atoms with Crippen LogP contribution in [-0.2, 0) is 6.42 Å². The summed E-state index contributed by atoms with van der Waals surface area (Å²) in [6.07, 6.45) is 0.777. The molecule has 0 amide bonds. The van der Waals surface area contributed by atoms with Crippen LogP contribution < -0.4 is 5.73 Å². The van der Waals surface area contributed by atoms with Gasteiger partial charge in [0, 0.05) is 16.1 Å². The highest BCUT2D eigenvalue weighted by Crippen LogP contribution is 2.24. The molecule has 3 heteroatoms. The summed E-state index contributed by atoms with van der Waals surface area (Å²) in [5, 5.41) is 1.46. The summed E-state index contributed by atoms with van der Waals surface area (Å²) in [5.41, 5.74) is 7.20. The Hall–Kier alpha value is -0.240. The maximum Gasteiger partial charge on any atom is 0.0439 e. The molecular weight excluding hydrogens is 241 g/mol. The maximum atomic E-state index is 6.17. The molecule has 2 atom stereocenters. The van der Waals surface area contributed by atoms with Gasteiger partial charge in [0.25, 0.3) is 0 Å². The fraction of sp³-hybridized carbons (Fsp3) is 0.538. The molecule has 0 bridgehead atoms. The lowest BCUT2D eigenvalue weighted by atomic mass is 9.87. The van der Waals surface area contributed by atoms with Crippen LogP contribution in [0.25, 0.3) is 0 Å². The third-order valence-corrected chi connectivity index (χ3v) is 3.79. The minimum atomic E-state index is 0.121. The highest BCUT2D eigenvalue weighted by molar-refractivity contribution is 6.33. The van der Waals surface area contributed by atoms with Gasteiger partial charge in [-0.25, -0.2) is 0 Å². The standard InChI is InChI=1S/C13H19Cl2N/c1-8(2)9(3)13(16)7-10-6-11(14)4-5-12(10)15/h4-6,8-9,13H,7,16H2,1-3H3.